The molecular weight excluding hydrogens is 197 g/mol. The molecule has 0 saturated heterocycles. The Balaban J connectivity index is 4.44. The largest absolute Gasteiger partial charge is 0.501 e. The van der Waals surface area contributed by atoms with E-state index in [1.165, 1.54) is 0 Å². The van der Waals surface area contributed by atoms with Crippen LogP contribution in [0.2, 0.25) is 0 Å². The summed E-state index contributed by atoms with van der Waals surface area (Å²) in [5.41, 5.74) is -2.17. The van der Waals surface area contributed by atoms with Crippen molar-refractivity contribution in [1.29, 1.82) is 0 Å². The number of carbonyl (C=O) groups excluding carboxylic acids is 1. The molecule has 0 aromatic rings. The SMILES string of the molecule is CCO/C=C/C(=O)C(CF)(CF)CF. The number of ketones is 1. The van der Waals surface area contributed by atoms with Crippen LogP contribution in [-0.2, 0) is 9.53 Å². The summed E-state index contributed by atoms with van der Waals surface area (Å²) in [4.78, 5) is 11.1. The molecule has 0 bridgehead atoms. The first-order valence-electron chi connectivity index (χ1n) is 4.17. The van der Waals surface area contributed by atoms with Crippen molar-refractivity contribution in [1.82, 2.24) is 0 Å². The van der Waals surface area contributed by atoms with Gasteiger partial charge in [0.1, 0.15) is 25.4 Å². The second kappa shape index (κ2) is 6.45. The van der Waals surface area contributed by atoms with Gasteiger partial charge in [-0.15, -0.1) is 0 Å². The Morgan fingerprint density at radius 2 is 1.79 bits per heavy atom. The van der Waals surface area contributed by atoms with E-state index in [4.69, 9.17) is 0 Å². The smallest absolute Gasteiger partial charge is 0.172 e. The summed E-state index contributed by atoms with van der Waals surface area (Å²) in [5, 5.41) is 0. The number of hydrogen-bond acceptors (Lipinski definition) is 2. The van der Waals surface area contributed by atoms with Crippen LogP contribution in [0.1, 0.15) is 6.92 Å². The number of alkyl halides is 3. The third-order valence-corrected chi connectivity index (χ3v) is 1.77. The minimum Gasteiger partial charge on any atom is -0.501 e. The second-order valence-electron chi connectivity index (χ2n) is 2.80. The molecule has 0 atom stereocenters. The molecule has 0 amide bonds. The Kier molecular flexibility index (Phi) is 5.99. The molecule has 0 radical (unpaired) electrons. The number of hydrogen-bond donors (Lipinski definition) is 0. The molecule has 0 unspecified atom stereocenters. The zero-order valence-electron chi connectivity index (χ0n) is 7.93. The minimum atomic E-state index is -2.17. The Bertz CT molecular complexity index is 192. The van der Waals surface area contributed by atoms with Crippen molar-refractivity contribution >= 4 is 5.78 Å². The Morgan fingerprint density at radius 1 is 1.29 bits per heavy atom. The van der Waals surface area contributed by atoms with Crippen LogP contribution >= 0.6 is 0 Å². The van der Waals surface area contributed by atoms with Gasteiger partial charge >= 0.3 is 0 Å². The summed E-state index contributed by atoms with van der Waals surface area (Å²) in [7, 11) is 0. The molecule has 0 aliphatic carbocycles. The van der Waals surface area contributed by atoms with Gasteiger partial charge in [0.15, 0.2) is 5.78 Å². The molecule has 0 heterocycles. The van der Waals surface area contributed by atoms with E-state index < -0.39 is 31.2 Å². The lowest BCUT2D eigenvalue weighted by atomic mass is 9.88. The minimum absolute atomic E-state index is 0.331. The van der Waals surface area contributed by atoms with E-state index in [1.54, 1.807) is 6.92 Å². The first kappa shape index (κ1) is 13.0. The fourth-order valence-corrected chi connectivity index (χ4v) is 0.688. The van der Waals surface area contributed by atoms with Crippen LogP contribution in [-0.4, -0.2) is 32.4 Å². The molecule has 0 spiro atoms. The summed E-state index contributed by atoms with van der Waals surface area (Å²) >= 11 is 0. The van der Waals surface area contributed by atoms with Crippen LogP contribution in [0.25, 0.3) is 0 Å². The van der Waals surface area contributed by atoms with Gasteiger partial charge in [-0.1, -0.05) is 0 Å². The van der Waals surface area contributed by atoms with E-state index in [-0.39, 0.29) is 0 Å². The molecule has 0 aromatic carbocycles. The predicted octanol–water partition coefficient (Wildman–Crippen LogP) is 2.00. The van der Waals surface area contributed by atoms with Gasteiger partial charge in [-0.05, 0) is 6.92 Å². The van der Waals surface area contributed by atoms with Crippen molar-refractivity contribution in [3.8, 4) is 0 Å². The Morgan fingerprint density at radius 3 is 2.14 bits per heavy atom. The molecule has 0 aliphatic heterocycles. The summed E-state index contributed by atoms with van der Waals surface area (Å²) in [6, 6.07) is 0. The predicted molar refractivity (Wildman–Crippen MR) is 46.1 cm³/mol. The fraction of sp³-hybridized carbons (Fsp3) is 0.667. The topological polar surface area (TPSA) is 26.3 Å². The van der Waals surface area contributed by atoms with Crippen molar-refractivity contribution in [2.75, 3.05) is 26.6 Å². The quantitative estimate of drug-likeness (QED) is 0.474. The van der Waals surface area contributed by atoms with E-state index >= 15 is 0 Å². The molecule has 0 aliphatic rings. The van der Waals surface area contributed by atoms with Crippen molar-refractivity contribution < 1.29 is 22.7 Å². The highest BCUT2D eigenvalue weighted by molar-refractivity contribution is 5.95. The van der Waals surface area contributed by atoms with Gasteiger partial charge in [-0.2, -0.15) is 0 Å². The number of ether oxygens (including phenoxy) is 1. The average molecular weight is 210 g/mol. The van der Waals surface area contributed by atoms with Gasteiger partial charge in [0.25, 0.3) is 0 Å². The lowest BCUT2D eigenvalue weighted by Gasteiger charge is -2.19. The van der Waals surface area contributed by atoms with Gasteiger partial charge in [-0.3, -0.25) is 4.79 Å². The zero-order valence-corrected chi connectivity index (χ0v) is 7.93. The monoisotopic (exact) mass is 210 g/mol. The molecule has 0 aromatic heterocycles. The van der Waals surface area contributed by atoms with Crippen molar-refractivity contribution in [3.63, 3.8) is 0 Å². The van der Waals surface area contributed by atoms with Crippen LogP contribution < -0.4 is 0 Å². The van der Waals surface area contributed by atoms with E-state index in [0.29, 0.717) is 6.61 Å². The van der Waals surface area contributed by atoms with Gasteiger partial charge < -0.3 is 4.74 Å². The van der Waals surface area contributed by atoms with E-state index in [1.807, 2.05) is 0 Å². The third kappa shape index (κ3) is 3.05. The molecule has 14 heavy (non-hydrogen) atoms. The Hall–Kier alpha value is -1.00. The first-order chi connectivity index (χ1) is 6.66. The second-order valence-corrected chi connectivity index (χ2v) is 2.80. The van der Waals surface area contributed by atoms with Crippen LogP contribution in [0.3, 0.4) is 0 Å². The van der Waals surface area contributed by atoms with Crippen LogP contribution in [0.15, 0.2) is 12.3 Å². The molecule has 2 nitrogen and oxygen atoms in total. The molecule has 5 heteroatoms. The van der Waals surface area contributed by atoms with Gasteiger partial charge in [0.05, 0.1) is 12.9 Å². The van der Waals surface area contributed by atoms with Gasteiger partial charge in [0.2, 0.25) is 0 Å². The standard InChI is InChI=1S/C9H13F3O2/c1-2-14-4-3-8(13)9(5-10,6-11)7-12/h3-4H,2,5-7H2,1H3/b4-3+. The normalized spacial score (nSPS) is 12.0. The fourth-order valence-electron chi connectivity index (χ4n) is 0.688. The molecule has 82 valence electrons. The highest BCUT2D eigenvalue weighted by Crippen LogP contribution is 2.22. The van der Waals surface area contributed by atoms with Gasteiger partial charge in [0, 0.05) is 6.08 Å². The molecule has 0 N–H and O–H groups in total. The molecule has 0 rings (SSSR count). The van der Waals surface area contributed by atoms with E-state index in [0.717, 1.165) is 12.3 Å². The maximum Gasteiger partial charge on any atom is 0.172 e. The highest BCUT2D eigenvalue weighted by Gasteiger charge is 2.37. The lowest BCUT2D eigenvalue weighted by Crippen LogP contribution is -2.37. The number of halogens is 3. The molecular formula is C9H13F3O2. The zero-order chi connectivity index (χ0) is 11.0. The van der Waals surface area contributed by atoms with Crippen LogP contribution in [0.5, 0.6) is 0 Å². The van der Waals surface area contributed by atoms with Crippen LogP contribution in [0, 0.1) is 5.41 Å². The molecule has 0 fully saturated rings. The van der Waals surface area contributed by atoms with Crippen LogP contribution in [0.4, 0.5) is 13.2 Å². The summed E-state index contributed by atoms with van der Waals surface area (Å²) in [5.74, 6) is -0.932. The van der Waals surface area contributed by atoms with E-state index in [9.17, 15) is 18.0 Å². The van der Waals surface area contributed by atoms with Crippen molar-refractivity contribution in [3.05, 3.63) is 12.3 Å². The Labute approximate surface area is 80.7 Å². The van der Waals surface area contributed by atoms with Crippen molar-refractivity contribution in [2.24, 2.45) is 5.41 Å². The van der Waals surface area contributed by atoms with Gasteiger partial charge in [-0.25, -0.2) is 13.2 Å². The maximum absolute atomic E-state index is 12.3. The third-order valence-electron chi connectivity index (χ3n) is 1.77. The molecule has 0 saturated carbocycles. The summed E-state index contributed by atoms with van der Waals surface area (Å²) < 4.78 is 41.6. The van der Waals surface area contributed by atoms with E-state index in [2.05, 4.69) is 4.74 Å². The maximum atomic E-state index is 12.3. The number of allylic oxidation sites excluding steroid dienone is 1. The first-order valence-corrected chi connectivity index (χ1v) is 4.17. The van der Waals surface area contributed by atoms with Crippen molar-refractivity contribution in [2.45, 2.75) is 6.92 Å². The summed E-state index contributed by atoms with van der Waals surface area (Å²) in [6.07, 6.45) is 1.86. The average Bonchev–Trinajstić information content (AvgIpc) is 2.22. The number of carbonyl (C=O) groups is 1. The lowest BCUT2D eigenvalue weighted by molar-refractivity contribution is -0.126. The summed E-state index contributed by atoms with van der Waals surface area (Å²) in [6.45, 7) is -2.04. The highest BCUT2D eigenvalue weighted by atomic mass is 19.1. The number of rotatable bonds is 7.